The summed E-state index contributed by atoms with van der Waals surface area (Å²) >= 11 is 6.03. The van der Waals surface area contributed by atoms with Gasteiger partial charge in [-0.25, -0.2) is 9.59 Å². The van der Waals surface area contributed by atoms with Crippen LogP contribution in [0.4, 0.5) is 4.79 Å². The molecule has 210 valence electrons. The van der Waals surface area contributed by atoms with Gasteiger partial charge < -0.3 is 19.5 Å². The number of rotatable bonds is 9. The lowest BCUT2D eigenvalue weighted by Gasteiger charge is -2.25. The molecule has 1 aliphatic rings. The number of likely N-dealkylation sites (tertiary alicyclic amines) is 1. The number of hydrogen-bond acceptors (Lipinski definition) is 5. The van der Waals surface area contributed by atoms with Crippen LogP contribution in [0.2, 0.25) is 5.02 Å². The Morgan fingerprint density at radius 3 is 2.20 bits per heavy atom. The summed E-state index contributed by atoms with van der Waals surface area (Å²) < 4.78 is 11.4. The Morgan fingerprint density at radius 2 is 1.60 bits per heavy atom. The monoisotopic (exact) mass is 563 g/mol. The van der Waals surface area contributed by atoms with E-state index in [1.807, 2.05) is 32.0 Å². The molecule has 1 N–H and O–H groups in total. The van der Waals surface area contributed by atoms with Gasteiger partial charge in [0, 0.05) is 29.6 Å². The molecular weight excluding hydrogens is 530 g/mol. The fraction of sp³-hybridized carbons (Fsp3) is 0.344. The molecule has 4 rings (SSSR count). The molecule has 1 aliphatic heterocycles. The van der Waals surface area contributed by atoms with E-state index in [1.165, 1.54) is 13.8 Å². The number of carboxylic acids is 1. The number of halogens is 1. The Kier molecular flexibility index (Phi) is 8.84. The minimum Gasteiger partial charge on any atom is -0.478 e. The van der Waals surface area contributed by atoms with Crippen LogP contribution < -0.4 is 9.47 Å². The summed E-state index contributed by atoms with van der Waals surface area (Å²) in [5.74, 6) is -0.509. The second-order valence-electron chi connectivity index (χ2n) is 10.8. The lowest BCUT2D eigenvalue weighted by Crippen LogP contribution is -2.38. The van der Waals surface area contributed by atoms with Crippen molar-refractivity contribution in [3.05, 3.63) is 94.0 Å². The van der Waals surface area contributed by atoms with Crippen molar-refractivity contribution in [1.82, 2.24) is 4.90 Å². The number of benzene rings is 3. The highest BCUT2D eigenvalue weighted by atomic mass is 35.5. The lowest BCUT2D eigenvalue weighted by atomic mass is 9.84. The Bertz CT molecular complexity index is 1360. The number of hydrogen-bond donors (Lipinski definition) is 1. The molecule has 0 bridgehead atoms. The maximum Gasteiger partial charge on any atom is 0.415 e. The molecule has 8 heteroatoms. The third kappa shape index (κ3) is 6.83. The number of Topliss-reactive ketones (excluding diaryl/α,β-unsaturated/α-hetero) is 1. The molecule has 0 saturated carbocycles. The van der Waals surface area contributed by atoms with Crippen molar-refractivity contribution < 1.29 is 29.0 Å². The number of para-hydroxylation sites is 1. The van der Waals surface area contributed by atoms with Crippen molar-refractivity contribution >= 4 is 29.4 Å². The number of ketones is 1. The van der Waals surface area contributed by atoms with Gasteiger partial charge in [-0.15, -0.1) is 0 Å². The maximum absolute atomic E-state index is 13.6. The molecule has 0 aromatic heterocycles. The molecule has 0 radical (unpaired) electrons. The first-order valence-electron chi connectivity index (χ1n) is 13.3. The standard InChI is InChI=1S/C32H34ClNO6/c1-20-16-22(17-21(2)29(20)40-32(3,4)30(36)37)10-11-24-18-34(31(38)39-26-8-6-5-7-9-26)19-27(24)28(35)23-12-14-25(33)15-13-23/h5-9,12-17,24,27H,10-11,18-19H2,1-4H3,(H,36,37)/t24-,27-/m0/s1. The summed E-state index contributed by atoms with van der Waals surface area (Å²) in [7, 11) is 0. The molecule has 1 heterocycles. The van der Waals surface area contributed by atoms with Gasteiger partial charge in [-0.3, -0.25) is 4.79 Å². The highest BCUT2D eigenvalue weighted by molar-refractivity contribution is 6.30. The number of carboxylic acid groups (broad SMARTS) is 1. The smallest absolute Gasteiger partial charge is 0.415 e. The van der Waals surface area contributed by atoms with E-state index in [9.17, 15) is 19.5 Å². The minimum absolute atomic E-state index is 0.0244. The van der Waals surface area contributed by atoms with Gasteiger partial charge in [-0.1, -0.05) is 41.9 Å². The number of aliphatic carboxylic acids is 1. The Morgan fingerprint density at radius 1 is 0.975 bits per heavy atom. The fourth-order valence-corrected chi connectivity index (χ4v) is 5.21. The van der Waals surface area contributed by atoms with Gasteiger partial charge in [0.2, 0.25) is 0 Å². The van der Waals surface area contributed by atoms with Crippen LogP contribution in [0.3, 0.4) is 0 Å². The Balaban J connectivity index is 1.51. The van der Waals surface area contributed by atoms with E-state index in [0.717, 1.165) is 16.7 Å². The van der Waals surface area contributed by atoms with Crippen molar-refractivity contribution in [2.45, 2.75) is 46.1 Å². The van der Waals surface area contributed by atoms with Crippen molar-refractivity contribution in [2.24, 2.45) is 11.8 Å². The summed E-state index contributed by atoms with van der Waals surface area (Å²) in [5, 5.41) is 10.0. The highest BCUT2D eigenvalue weighted by Crippen LogP contribution is 2.34. The highest BCUT2D eigenvalue weighted by Gasteiger charge is 2.40. The van der Waals surface area contributed by atoms with Gasteiger partial charge in [0.05, 0.1) is 0 Å². The van der Waals surface area contributed by atoms with Crippen LogP contribution in [0.15, 0.2) is 66.7 Å². The van der Waals surface area contributed by atoms with E-state index in [1.54, 1.807) is 53.4 Å². The summed E-state index contributed by atoms with van der Waals surface area (Å²) in [6, 6.07) is 19.7. The Hall–Kier alpha value is -3.84. The molecule has 3 aromatic carbocycles. The predicted molar refractivity (Wildman–Crippen MR) is 153 cm³/mol. The zero-order valence-corrected chi connectivity index (χ0v) is 23.9. The van der Waals surface area contributed by atoms with Crippen molar-refractivity contribution in [1.29, 1.82) is 0 Å². The zero-order chi connectivity index (χ0) is 29.0. The van der Waals surface area contributed by atoms with Gasteiger partial charge >= 0.3 is 12.1 Å². The first-order chi connectivity index (χ1) is 18.9. The molecular formula is C32H34ClNO6. The van der Waals surface area contributed by atoms with Crippen LogP contribution in [-0.4, -0.2) is 46.5 Å². The molecule has 0 spiro atoms. The summed E-state index contributed by atoms with van der Waals surface area (Å²) in [6.45, 7) is 7.51. The SMILES string of the molecule is Cc1cc(CC[C@H]2CN(C(=O)Oc3ccccc3)C[C@@H]2C(=O)c2ccc(Cl)cc2)cc(C)c1OC(C)(C)C(=O)O. The van der Waals surface area contributed by atoms with Crippen LogP contribution in [0.25, 0.3) is 0 Å². The molecule has 0 aliphatic carbocycles. The van der Waals surface area contributed by atoms with Crippen LogP contribution in [-0.2, 0) is 11.2 Å². The summed E-state index contributed by atoms with van der Waals surface area (Å²) in [4.78, 5) is 39.7. The normalized spacial score (nSPS) is 17.0. The van der Waals surface area contributed by atoms with Crippen LogP contribution in [0.1, 0.15) is 47.3 Å². The van der Waals surface area contributed by atoms with Crippen molar-refractivity contribution in [3.8, 4) is 11.5 Å². The van der Waals surface area contributed by atoms with E-state index >= 15 is 0 Å². The fourth-order valence-electron chi connectivity index (χ4n) is 5.09. The minimum atomic E-state index is -1.35. The van der Waals surface area contributed by atoms with Gasteiger partial charge in [0.1, 0.15) is 11.5 Å². The van der Waals surface area contributed by atoms with E-state index in [2.05, 4.69) is 0 Å². The Labute approximate surface area is 239 Å². The molecule has 1 fully saturated rings. The van der Waals surface area contributed by atoms with Crippen LogP contribution >= 0.6 is 11.6 Å². The lowest BCUT2D eigenvalue weighted by molar-refractivity contribution is -0.152. The first-order valence-corrected chi connectivity index (χ1v) is 13.7. The number of carbonyl (C=O) groups is 3. The molecule has 3 aromatic rings. The number of carbonyl (C=O) groups excluding carboxylic acids is 2. The van der Waals surface area contributed by atoms with Crippen LogP contribution in [0, 0.1) is 25.7 Å². The van der Waals surface area contributed by atoms with Crippen molar-refractivity contribution in [2.75, 3.05) is 13.1 Å². The van der Waals surface area contributed by atoms with Gasteiger partial charge in [-0.2, -0.15) is 0 Å². The largest absolute Gasteiger partial charge is 0.478 e. The topological polar surface area (TPSA) is 93.1 Å². The quantitative estimate of drug-likeness (QED) is 0.289. The molecule has 2 atom stereocenters. The number of aryl methyl sites for hydroxylation is 3. The van der Waals surface area contributed by atoms with E-state index < -0.39 is 17.7 Å². The molecule has 1 amide bonds. The number of ether oxygens (including phenoxy) is 2. The third-order valence-electron chi connectivity index (χ3n) is 7.31. The second kappa shape index (κ2) is 12.1. The maximum atomic E-state index is 13.6. The second-order valence-corrected chi connectivity index (χ2v) is 11.3. The van der Waals surface area contributed by atoms with Gasteiger partial charge in [0.25, 0.3) is 0 Å². The van der Waals surface area contributed by atoms with E-state index in [0.29, 0.717) is 41.5 Å². The third-order valence-corrected chi connectivity index (χ3v) is 7.56. The first kappa shape index (κ1) is 29.2. The predicted octanol–water partition coefficient (Wildman–Crippen LogP) is 6.76. The summed E-state index contributed by atoms with van der Waals surface area (Å²) in [6.07, 6.45) is 0.886. The molecule has 0 unspecified atom stereocenters. The molecule has 1 saturated heterocycles. The summed E-state index contributed by atoms with van der Waals surface area (Å²) in [5.41, 5.74) is 1.95. The van der Waals surface area contributed by atoms with E-state index in [4.69, 9.17) is 21.1 Å². The van der Waals surface area contributed by atoms with E-state index in [-0.39, 0.29) is 24.2 Å². The zero-order valence-electron chi connectivity index (χ0n) is 23.1. The van der Waals surface area contributed by atoms with Crippen molar-refractivity contribution in [3.63, 3.8) is 0 Å². The number of nitrogens with zero attached hydrogens (tertiary/aromatic N) is 1. The average molecular weight is 564 g/mol. The van der Waals surface area contributed by atoms with Crippen LogP contribution in [0.5, 0.6) is 11.5 Å². The molecule has 7 nitrogen and oxygen atoms in total. The van der Waals surface area contributed by atoms with Gasteiger partial charge in [-0.05, 0) is 99.5 Å². The number of amides is 1. The van der Waals surface area contributed by atoms with Gasteiger partial charge in [0.15, 0.2) is 11.4 Å². The molecule has 40 heavy (non-hydrogen) atoms. The average Bonchev–Trinajstić information content (AvgIpc) is 3.34.